The maximum absolute atomic E-state index is 12.3. The third-order valence-electron chi connectivity index (χ3n) is 3.96. The van der Waals surface area contributed by atoms with Crippen LogP contribution in [0, 0.1) is 6.92 Å². The molecule has 0 fully saturated rings. The van der Waals surface area contributed by atoms with Gasteiger partial charge >= 0.3 is 0 Å². The monoisotopic (exact) mass is 398 g/mol. The zero-order valence-electron chi connectivity index (χ0n) is 16.0. The molecule has 1 aromatic heterocycles. The second kappa shape index (κ2) is 9.23. The molecule has 28 heavy (non-hydrogen) atoms. The Labute approximate surface area is 168 Å². The molecule has 0 aliphatic heterocycles. The lowest BCUT2D eigenvalue weighted by Crippen LogP contribution is -2.14. The van der Waals surface area contributed by atoms with Gasteiger partial charge in [-0.2, -0.15) is 0 Å². The van der Waals surface area contributed by atoms with Gasteiger partial charge in [0.05, 0.1) is 26.3 Å². The second-order valence-corrected chi connectivity index (χ2v) is 7.08. The lowest BCUT2D eigenvalue weighted by Gasteiger charge is -2.10. The molecule has 7 heteroatoms. The van der Waals surface area contributed by atoms with Gasteiger partial charge in [0.25, 0.3) is 0 Å². The van der Waals surface area contributed by atoms with E-state index in [4.69, 9.17) is 14.2 Å². The molecule has 2 aromatic carbocycles. The number of hydrogen-bond donors (Lipinski definition) is 1. The van der Waals surface area contributed by atoms with E-state index >= 15 is 0 Å². The Kier molecular flexibility index (Phi) is 6.49. The van der Waals surface area contributed by atoms with E-state index in [2.05, 4.69) is 10.3 Å². The molecule has 0 unspecified atom stereocenters. The molecule has 0 aliphatic carbocycles. The molecule has 3 aromatic rings. The maximum atomic E-state index is 12.3. The number of rotatable bonds is 8. The summed E-state index contributed by atoms with van der Waals surface area (Å²) in [5, 5.41) is 5.56. The summed E-state index contributed by atoms with van der Waals surface area (Å²) in [6, 6.07) is 13.1. The zero-order chi connectivity index (χ0) is 19.9. The number of aryl methyl sites for hydroxylation is 1. The number of amides is 1. The molecule has 0 spiro atoms. The molecule has 0 atom stereocenters. The number of nitrogens with zero attached hydrogens (tertiary/aromatic N) is 1. The first-order chi connectivity index (χ1) is 13.6. The predicted octanol–water partition coefficient (Wildman–Crippen LogP) is 4.23. The van der Waals surface area contributed by atoms with Crippen molar-refractivity contribution in [2.24, 2.45) is 0 Å². The van der Waals surface area contributed by atoms with Gasteiger partial charge in [-0.15, -0.1) is 11.3 Å². The van der Waals surface area contributed by atoms with E-state index in [1.54, 1.807) is 32.4 Å². The Bertz CT molecular complexity index is 955. The van der Waals surface area contributed by atoms with Crippen molar-refractivity contribution in [1.29, 1.82) is 0 Å². The zero-order valence-corrected chi connectivity index (χ0v) is 16.8. The average molecular weight is 398 g/mol. The van der Waals surface area contributed by atoms with E-state index in [1.165, 1.54) is 11.3 Å². The first-order valence-corrected chi connectivity index (χ1v) is 9.60. The summed E-state index contributed by atoms with van der Waals surface area (Å²) < 4.78 is 16.2. The third kappa shape index (κ3) is 5.23. The van der Waals surface area contributed by atoms with Crippen LogP contribution in [0.1, 0.15) is 16.3 Å². The van der Waals surface area contributed by atoms with Crippen LogP contribution < -0.4 is 19.5 Å². The smallest absolute Gasteiger partial charge is 0.230 e. The fourth-order valence-corrected chi connectivity index (χ4v) is 3.34. The minimum atomic E-state index is -0.149. The number of methoxy groups -OCH3 is 2. The van der Waals surface area contributed by atoms with Gasteiger partial charge in [-0.05, 0) is 36.8 Å². The van der Waals surface area contributed by atoms with E-state index in [1.807, 2.05) is 36.6 Å². The van der Waals surface area contributed by atoms with Gasteiger partial charge in [-0.3, -0.25) is 4.79 Å². The van der Waals surface area contributed by atoms with E-state index in [0.29, 0.717) is 29.5 Å². The number of aromatic nitrogens is 1. The van der Waals surface area contributed by atoms with Crippen LogP contribution in [-0.4, -0.2) is 25.1 Å². The lowest BCUT2D eigenvalue weighted by molar-refractivity contribution is -0.115. The van der Waals surface area contributed by atoms with Gasteiger partial charge in [-0.1, -0.05) is 12.1 Å². The Balaban J connectivity index is 1.55. The fourth-order valence-electron chi connectivity index (χ4n) is 2.63. The summed E-state index contributed by atoms with van der Waals surface area (Å²) >= 11 is 1.48. The molecule has 0 saturated heterocycles. The first kappa shape index (κ1) is 19.7. The summed E-state index contributed by atoms with van der Waals surface area (Å²) in [5.74, 6) is 1.83. The molecule has 1 amide bonds. The number of hydrogen-bond acceptors (Lipinski definition) is 6. The number of carbonyl (C=O) groups is 1. The second-order valence-electron chi connectivity index (χ2n) is 6.13. The van der Waals surface area contributed by atoms with Gasteiger partial charge in [-0.25, -0.2) is 4.98 Å². The van der Waals surface area contributed by atoms with Crippen molar-refractivity contribution >= 4 is 22.9 Å². The highest BCUT2D eigenvalue weighted by Gasteiger charge is 2.11. The van der Waals surface area contributed by atoms with Crippen molar-refractivity contribution in [3.05, 3.63) is 64.1 Å². The standard InChI is InChI=1S/C21H22N2O4S/c1-14-5-4-6-17(9-14)27-12-21-23-16(13-28-21)11-20(24)22-15-7-8-18(25-2)19(10-15)26-3/h4-10,13H,11-12H2,1-3H3,(H,22,24). The highest BCUT2D eigenvalue weighted by atomic mass is 32.1. The third-order valence-corrected chi connectivity index (χ3v) is 4.83. The van der Waals surface area contributed by atoms with Gasteiger partial charge in [0.1, 0.15) is 17.4 Å². The number of carbonyl (C=O) groups excluding carboxylic acids is 1. The van der Waals surface area contributed by atoms with Crippen LogP contribution >= 0.6 is 11.3 Å². The maximum Gasteiger partial charge on any atom is 0.230 e. The SMILES string of the molecule is COc1ccc(NC(=O)Cc2csc(COc3cccc(C)c3)n2)cc1OC. The number of anilines is 1. The van der Waals surface area contributed by atoms with Gasteiger partial charge < -0.3 is 19.5 Å². The van der Waals surface area contributed by atoms with Crippen molar-refractivity contribution < 1.29 is 19.0 Å². The van der Waals surface area contributed by atoms with Crippen molar-refractivity contribution in [2.45, 2.75) is 20.0 Å². The van der Waals surface area contributed by atoms with Crippen LogP contribution in [0.2, 0.25) is 0 Å². The number of benzene rings is 2. The summed E-state index contributed by atoms with van der Waals surface area (Å²) in [6.07, 6.45) is 0.190. The largest absolute Gasteiger partial charge is 0.493 e. The fraction of sp³-hybridized carbons (Fsp3) is 0.238. The van der Waals surface area contributed by atoms with Crippen LogP contribution in [0.5, 0.6) is 17.2 Å². The van der Waals surface area contributed by atoms with E-state index in [9.17, 15) is 4.79 Å². The minimum Gasteiger partial charge on any atom is -0.493 e. The lowest BCUT2D eigenvalue weighted by atomic mass is 10.2. The minimum absolute atomic E-state index is 0.149. The Morgan fingerprint density at radius 1 is 1.11 bits per heavy atom. The molecule has 1 N–H and O–H groups in total. The van der Waals surface area contributed by atoms with Crippen LogP contribution in [0.3, 0.4) is 0 Å². The average Bonchev–Trinajstić information content (AvgIpc) is 3.13. The molecule has 0 bridgehead atoms. The highest BCUT2D eigenvalue weighted by Crippen LogP contribution is 2.29. The summed E-state index contributed by atoms with van der Waals surface area (Å²) in [7, 11) is 3.12. The highest BCUT2D eigenvalue weighted by molar-refractivity contribution is 7.09. The summed E-state index contributed by atoms with van der Waals surface area (Å²) in [6.45, 7) is 2.40. The number of thiazole rings is 1. The van der Waals surface area contributed by atoms with Gasteiger partial charge in [0.15, 0.2) is 11.5 Å². The van der Waals surface area contributed by atoms with Crippen molar-refractivity contribution in [3.63, 3.8) is 0 Å². The summed E-state index contributed by atoms with van der Waals surface area (Å²) in [4.78, 5) is 16.8. The van der Waals surface area contributed by atoms with Crippen LogP contribution in [0.4, 0.5) is 5.69 Å². The molecule has 0 saturated carbocycles. The molecule has 6 nitrogen and oxygen atoms in total. The van der Waals surface area contributed by atoms with Crippen molar-refractivity contribution in [1.82, 2.24) is 4.98 Å². The van der Waals surface area contributed by atoms with Crippen molar-refractivity contribution in [3.8, 4) is 17.2 Å². The van der Waals surface area contributed by atoms with Gasteiger partial charge in [0.2, 0.25) is 5.91 Å². The van der Waals surface area contributed by atoms with Gasteiger partial charge in [0, 0.05) is 17.1 Å². The molecule has 1 heterocycles. The quantitative estimate of drug-likeness (QED) is 0.615. The molecular formula is C21H22N2O4S. The number of ether oxygens (including phenoxy) is 3. The Morgan fingerprint density at radius 2 is 1.93 bits per heavy atom. The van der Waals surface area contributed by atoms with Crippen LogP contribution in [-0.2, 0) is 17.8 Å². The molecule has 3 rings (SSSR count). The predicted molar refractivity (Wildman–Crippen MR) is 110 cm³/mol. The van der Waals surface area contributed by atoms with Crippen LogP contribution in [0.15, 0.2) is 47.8 Å². The first-order valence-electron chi connectivity index (χ1n) is 8.72. The molecule has 0 radical (unpaired) electrons. The Morgan fingerprint density at radius 3 is 2.68 bits per heavy atom. The van der Waals surface area contributed by atoms with E-state index < -0.39 is 0 Å². The van der Waals surface area contributed by atoms with Crippen LogP contribution in [0.25, 0.3) is 0 Å². The normalized spacial score (nSPS) is 10.4. The van der Waals surface area contributed by atoms with E-state index in [-0.39, 0.29) is 12.3 Å². The van der Waals surface area contributed by atoms with E-state index in [0.717, 1.165) is 16.3 Å². The number of nitrogens with one attached hydrogen (secondary N) is 1. The molecule has 146 valence electrons. The summed E-state index contributed by atoms with van der Waals surface area (Å²) in [5.41, 5.74) is 2.50. The topological polar surface area (TPSA) is 69.7 Å². The Hall–Kier alpha value is -3.06. The van der Waals surface area contributed by atoms with Crippen molar-refractivity contribution in [2.75, 3.05) is 19.5 Å². The molecule has 0 aliphatic rings. The molecular weight excluding hydrogens is 376 g/mol.